The molecule has 1 heterocycles. The molecule has 0 amide bonds. The van der Waals surface area contributed by atoms with Crippen molar-refractivity contribution in [2.75, 3.05) is 6.54 Å². The Balaban J connectivity index is 1.80. The smallest absolute Gasteiger partial charge is 0.183 e. The minimum atomic E-state index is -3.43. The number of carbonyl (C=O) groups excluding carboxylic acids is 1. The van der Waals surface area contributed by atoms with Gasteiger partial charge in [0.05, 0.1) is 10.1 Å². The van der Waals surface area contributed by atoms with E-state index in [1.54, 1.807) is 24.3 Å². The largest absolute Gasteiger partial charge is 0.309 e. The first-order chi connectivity index (χ1) is 11.0. The molecule has 2 aliphatic carbocycles. The zero-order valence-corrected chi connectivity index (χ0v) is 14.0. The van der Waals surface area contributed by atoms with E-state index in [1.165, 1.54) is 0 Å². The van der Waals surface area contributed by atoms with Crippen LogP contribution in [-0.2, 0) is 14.6 Å². The van der Waals surface area contributed by atoms with Gasteiger partial charge in [-0.1, -0.05) is 18.2 Å². The summed E-state index contributed by atoms with van der Waals surface area (Å²) < 4.78 is 26.6. The minimum Gasteiger partial charge on any atom is -0.309 e. The fourth-order valence-corrected chi connectivity index (χ4v) is 7.52. The molecule has 4 nitrogen and oxygen atoms in total. The van der Waals surface area contributed by atoms with E-state index in [1.807, 2.05) is 6.07 Å². The summed E-state index contributed by atoms with van der Waals surface area (Å²) in [5, 5.41) is 3.04. The Morgan fingerprint density at radius 1 is 1.09 bits per heavy atom. The highest BCUT2D eigenvalue weighted by Crippen LogP contribution is 2.52. The van der Waals surface area contributed by atoms with Crippen molar-refractivity contribution in [2.24, 2.45) is 11.8 Å². The van der Waals surface area contributed by atoms with Crippen LogP contribution in [0.3, 0.4) is 0 Å². The lowest BCUT2D eigenvalue weighted by Crippen LogP contribution is -2.70. The number of hydrogen-bond donors (Lipinski definition) is 1. The SMILES string of the molecule is O=C1C[C@H]2CC[C@@H](S(=O)(=O)c3ccccc3)[C@]3(C1)NCCC[C@@H]23. The predicted octanol–water partition coefficient (Wildman–Crippen LogP) is 2.34. The quantitative estimate of drug-likeness (QED) is 0.902. The Bertz CT molecular complexity index is 715. The van der Waals surface area contributed by atoms with Crippen LogP contribution in [0.4, 0.5) is 0 Å². The molecule has 2 bridgehead atoms. The topological polar surface area (TPSA) is 63.2 Å². The van der Waals surface area contributed by atoms with E-state index in [9.17, 15) is 13.2 Å². The summed E-state index contributed by atoms with van der Waals surface area (Å²) in [7, 11) is -3.43. The highest BCUT2D eigenvalue weighted by molar-refractivity contribution is 7.92. The third kappa shape index (κ3) is 2.28. The van der Waals surface area contributed by atoms with Crippen molar-refractivity contribution >= 4 is 15.6 Å². The van der Waals surface area contributed by atoms with Crippen LogP contribution in [0.1, 0.15) is 38.5 Å². The lowest BCUT2D eigenvalue weighted by Gasteiger charge is -2.57. The van der Waals surface area contributed by atoms with E-state index >= 15 is 0 Å². The maximum atomic E-state index is 13.3. The fourth-order valence-electron chi connectivity index (χ4n) is 5.31. The second kappa shape index (κ2) is 5.42. The van der Waals surface area contributed by atoms with Crippen LogP contribution in [0.5, 0.6) is 0 Å². The van der Waals surface area contributed by atoms with E-state index in [0.717, 1.165) is 25.8 Å². The number of rotatable bonds is 2. The number of Topliss-reactive ketones (excluding diaryl/α,β-unsaturated/α-hetero) is 1. The molecule has 2 saturated carbocycles. The molecule has 1 N–H and O–H groups in total. The van der Waals surface area contributed by atoms with Crippen LogP contribution >= 0.6 is 0 Å². The summed E-state index contributed by atoms with van der Waals surface area (Å²) in [6.45, 7) is 0.817. The molecule has 4 rings (SSSR count). The molecule has 1 saturated heterocycles. The molecule has 0 spiro atoms. The molecule has 0 aromatic heterocycles. The number of benzene rings is 1. The Kier molecular flexibility index (Phi) is 3.61. The van der Waals surface area contributed by atoms with Gasteiger partial charge in [0.25, 0.3) is 0 Å². The molecule has 1 aromatic carbocycles. The average molecular weight is 333 g/mol. The number of nitrogens with one attached hydrogen (secondary N) is 1. The van der Waals surface area contributed by atoms with Crippen molar-refractivity contribution in [3.63, 3.8) is 0 Å². The van der Waals surface area contributed by atoms with Crippen LogP contribution in [0.2, 0.25) is 0 Å². The van der Waals surface area contributed by atoms with E-state index in [-0.39, 0.29) is 5.78 Å². The molecule has 3 fully saturated rings. The molecule has 3 aliphatic rings. The first-order valence-electron chi connectivity index (χ1n) is 8.60. The van der Waals surface area contributed by atoms with Crippen LogP contribution in [0, 0.1) is 11.8 Å². The first-order valence-corrected chi connectivity index (χ1v) is 10.1. The van der Waals surface area contributed by atoms with Gasteiger partial charge in [-0.25, -0.2) is 8.42 Å². The Morgan fingerprint density at radius 3 is 2.65 bits per heavy atom. The molecular formula is C18H23NO3S. The molecule has 124 valence electrons. The number of piperidine rings is 1. The maximum Gasteiger partial charge on any atom is 0.183 e. The lowest BCUT2D eigenvalue weighted by molar-refractivity contribution is -0.129. The van der Waals surface area contributed by atoms with Gasteiger partial charge in [-0.2, -0.15) is 0 Å². The highest BCUT2D eigenvalue weighted by Gasteiger charge is 2.59. The number of sulfone groups is 1. The van der Waals surface area contributed by atoms with Gasteiger partial charge < -0.3 is 5.32 Å². The molecular weight excluding hydrogens is 310 g/mol. The van der Waals surface area contributed by atoms with Crippen molar-refractivity contribution in [3.05, 3.63) is 30.3 Å². The van der Waals surface area contributed by atoms with Crippen molar-refractivity contribution in [3.8, 4) is 0 Å². The van der Waals surface area contributed by atoms with Gasteiger partial charge in [0, 0.05) is 18.4 Å². The number of ketones is 1. The summed E-state index contributed by atoms with van der Waals surface area (Å²) in [4.78, 5) is 12.7. The molecule has 4 atom stereocenters. The van der Waals surface area contributed by atoms with E-state index in [2.05, 4.69) is 5.32 Å². The Labute approximate surface area is 137 Å². The summed E-state index contributed by atoms with van der Waals surface area (Å²) in [6.07, 6.45) is 4.67. The van der Waals surface area contributed by atoms with Crippen molar-refractivity contribution in [1.82, 2.24) is 5.32 Å². The average Bonchev–Trinajstić information content (AvgIpc) is 2.54. The van der Waals surface area contributed by atoms with Gasteiger partial charge in [0.15, 0.2) is 9.84 Å². The Morgan fingerprint density at radius 2 is 1.87 bits per heavy atom. The van der Waals surface area contributed by atoms with E-state index < -0.39 is 20.6 Å². The summed E-state index contributed by atoms with van der Waals surface area (Å²) in [6, 6.07) is 8.74. The molecule has 1 aliphatic heterocycles. The molecule has 23 heavy (non-hydrogen) atoms. The van der Waals surface area contributed by atoms with Gasteiger partial charge in [-0.05, 0) is 56.2 Å². The lowest BCUT2D eigenvalue weighted by atomic mass is 9.56. The van der Waals surface area contributed by atoms with Gasteiger partial charge >= 0.3 is 0 Å². The van der Waals surface area contributed by atoms with E-state index in [0.29, 0.717) is 36.0 Å². The fraction of sp³-hybridized carbons (Fsp3) is 0.611. The number of carbonyl (C=O) groups is 1. The highest BCUT2D eigenvalue weighted by atomic mass is 32.2. The maximum absolute atomic E-state index is 13.3. The van der Waals surface area contributed by atoms with E-state index in [4.69, 9.17) is 0 Å². The standard InChI is InChI=1S/C18H23NO3S/c20-14-11-13-8-9-17(18(12-14)16(13)7-4-10-19-18)23(21,22)15-5-2-1-3-6-15/h1-3,5-6,13,16-17,19H,4,7-12H2/t13-,16+,17-,18-/m1/s1. The third-order valence-corrected chi connectivity index (χ3v) is 8.51. The molecule has 0 unspecified atom stereocenters. The second-order valence-corrected chi connectivity index (χ2v) is 9.45. The predicted molar refractivity (Wildman–Crippen MR) is 87.8 cm³/mol. The summed E-state index contributed by atoms with van der Waals surface area (Å²) in [5.41, 5.74) is -0.537. The third-order valence-electron chi connectivity index (χ3n) is 6.18. The van der Waals surface area contributed by atoms with Crippen LogP contribution < -0.4 is 5.32 Å². The van der Waals surface area contributed by atoms with Crippen molar-refractivity contribution in [1.29, 1.82) is 0 Å². The minimum absolute atomic E-state index is 0.230. The zero-order chi connectivity index (χ0) is 16.1. The van der Waals surface area contributed by atoms with Gasteiger partial charge in [-0.15, -0.1) is 0 Å². The van der Waals surface area contributed by atoms with Crippen LogP contribution in [-0.4, -0.2) is 31.5 Å². The van der Waals surface area contributed by atoms with Gasteiger partial charge in [-0.3, -0.25) is 4.79 Å². The monoisotopic (exact) mass is 333 g/mol. The zero-order valence-electron chi connectivity index (χ0n) is 13.2. The normalized spacial score (nSPS) is 37.2. The molecule has 5 heteroatoms. The van der Waals surface area contributed by atoms with Crippen molar-refractivity contribution < 1.29 is 13.2 Å². The van der Waals surface area contributed by atoms with Crippen molar-refractivity contribution in [2.45, 2.75) is 54.2 Å². The number of hydrogen-bond acceptors (Lipinski definition) is 4. The van der Waals surface area contributed by atoms with Gasteiger partial charge in [0.2, 0.25) is 0 Å². The second-order valence-electron chi connectivity index (χ2n) is 7.32. The van der Waals surface area contributed by atoms with Crippen LogP contribution in [0.25, 0.3) is 0 Å². The van der Waals surface area contributed by atoms with Crippen LogP contribution in [0.15, 0.2) is 35.2 Å². The van der Waals surface area contributed by atoms with Gasteiger partial charge in [0.1, 0.15) is 5.78 Å². The summed E-state index contributed by atoms with van der Waals surface area (Å²) in [5.74, 6) is 0.922. The Hall–Kier alpha value is -1.20. The first kappa shape index (κ1) is 15.3. The molecule has 1 aromatic rings. The summed E-state index contributed by atoms with van der Waals surface area (Å²) >= 11 is 0. The molecule has 0 radical (unpaired) electrons.